The van der Waals surface area contributed by atoms with E-state index in [1.54, 1.807) is 11.5 Å². The van der Waals surface area contributed by atoms with Gasteiger partial charge in [0, 0.05) is 39.2 Å². The molecule has 1 aromatic carbocycles. The molecule has 0 atom stereocenters. The van der Waals surface area contributed by atoms with E-state index >= 15 is 0 Å². The van der Waals surface area contributed by atoms with Gasteiger partial charge in [0.2, 0.25) is 0 Å². The molecule has 4 heteroatoms. The second kappa shape index (κ2) is 5.19. The topological polar surface area (TPSA) is 25.8 Å². The van der Waals surface area contributed by atoms with Crippen LogP contribution in [0.5, 0.6) is 0 Å². The maximum atomic E-state index is 4.34. The number of hydrogen-bond donors (Lipinski definition) is 0. The SMILES string of the molecule is CC(C)(C)Sc1ccc2cnsc2c1-c1ccncc1. The lowest BCUT2D eigenvalue weighted by atomic mass is 10.1. The minimum absolute atomic E-state index is 0.181. The van der Waals surface area contributed by atoms with E-state index in [1.807, 2.05) is 30.4 Å². The lowest BCUT2D eigenvalue weighted by Crippen LogP contribution is -2.07. The molecule has 0 N–H and O–H groups in total. The van der Waals surface area contributed by atoms with E-state index in [9.17, 15) is 0 Å². The monoisotopic (exact) mass is 300 g/mol. The normalized spacial score (nSPS) is 11.9. The standard InChI is InChI=1S/C16H16N2S2/c1-16(2,3)19-13-5-4-12-10-18-20-15(12)14(13)11-6-8-17-9-7-11/h4-10H,1-3H3. The Balaban J connectivity index is 2.24. The van der Waals surface area contributed by atoms with E-state index in [0.29, 0.717) is 0 Å². The predicted octanol–water partition coefficient (Wildman–Crippen LogP) is 5.25. The van der Waals surface area contributed by atoms with Crippen LogP contribution < -0.4 is 0 Å². The minimum Gasteiger partial charge on any atom is -0.265 e. The van der Waals surface area contributed by atoms with Gasteiger partial charge in [-0.25, -0.2) is 0 Å². The van der Waals surface area contributed by atoms with Crippen molar-refractivity contribution in [1.82, 2.24) is 9.36 Å². The first-order valence-corrected chi connectivity index (χ1v) is 8.10. The summed E-state index contributed by atoms with van der Waals surface area (Å²) in [5, 5.41) is 1.21. The average molecular weight is 300 g/mol. The van der Waals surface area contributed by atoms with Crippen LogP contribution in [-0.2, 0) is 0 Å². The van der Waals surface area contributed by atoms with Crippen LogP contribution in [0.15, 0.2) is 47.8 Å². The van der Waals surface area contributed by atoms with Crippen LogP contribution in [0.3, 0.4) is 0 Å². The molecular formula is C16H16N2S2. The Labute approximate surface area is 127 Å². The lowest BCUT2D eigenvalue weighted by Gasteiger charge is -2.20. The highest BCUT2D eigenvalue weighted by Gasteiger charge is 2.18. The number of rotatable bonds is 2. The molecule has 2 heterocycles. The molecule has 0 unspecified atom stereocenters. The van der Waals surface area contributed by atoms with Crippen molar-refractivity contribution in [2.75, 3.05) is 0 Å². The third-order valence-corrected chi connectivity index (χ3v) is 4.88. The smallest absolute Gasteiger partial charge is 0.0639 e. The molecule has 102 valence electrons. The first-order valence-electron chi connectivity index (χ1n) is 6.51. The molecule has 0 aliphatic rings. The van der Waals surface area contributed by atoms with E-state index in [0.717, 1.165) is 0 Å². The molecule has 0 fully saturated rings. The van der Waals surface area contributed by atoms with Crippen LogP contribution in [0.1, 0.15) is 20.8 Å². The van der Waals surface area contributed by atoms with Crippen LogP contribution in [-0.4, -0.2) is 14.1 Å². The van der Waals surface area contributed by atoms with E-state index in [2.05, 4.69) is 54.4 Å². The van der Waals surface area contributed by atoms with Crippen molar-refractivity contribution >= 4 is 33.4 Å². The highest BCUT2D eigenvalue weighted by Crippen LogP contribution is 2.43. The maximum absolute atomic E-state index is 4.34. The van der Waals surface area contributed by atoms with Crippen molar-refractivity contribution in [2.24, 2.45) is 0 Å². The molecule has 3 rings (SSSR count). The van der Waals surface area contributed by atoms with Crippen LogP contribution in [0.4, 0.5) is 0 Å². The fourth-order valence-electron chi connectivity index (χ4n) is 2.12. The van der Waals surface area contributed by atoms with Gasteiger partial charge in [0.1, 0.15) is 0 Å². The summed E-state index contributed by atoms with van der Waals surface area (Å²) in [6.45, 7) is 6.72. The highest BCUT2D eigenvalue weighted by molar-refractivity contribution is 8.00. The summed E-state index contributed by atoms with van der Waals surface area (Å²) in [6.07, 6.45) is 5.64. The van der Waals surface area contributed by atoms with Gasteiger partial charge >= 0.3 is 0 Å². The lowest BCUT2D eigenvalue weighted by molar-refractivity contribution is 0.803. The summed E-state index contributed by atoms with van der Waals surface area (Å²) < 4.78 is 5.78. The fraction of sp³-hybridized carbons (Fsp3) is 0.250. The molecular weight excluding hydrogens is 284 g/mol. The first kappa shape index (κ1) is 13.6. The molecule has 0 amide bonds. The Bertz CT molecular complexity index is 727. The number of thioether (sulfide) groups is 1. The zero-order chi connectivity index (χ0) is 14.2. The highest BCUT2D eigenvalue weighted by atomic mass is 32.2. The molecule has 0 spiro atoms. The summed E-state index contributed by atoms with van der Waals surface area (Å²) in [4.78, 5) is 5.43. The molecule has 0 aliphatic carbocycles. The number of hydrogen-bond acceptors (Lipinski definition) is 4. The van der Waals surface area contributed by atoms with Gasteiger partial charge in [-0.15, -0.1) is 11.8 Å². The molecule has 0 saturated carbocycles. The molecule has 20 heavy (non-hydrogen) atoms. The molecule has 0 radical (unpaired) electrons. The quantitative estimate of drug-likeness (QED) is 0.605. The number of benzene rings is 1. The number of nitrogens with zero attached hydrogens (tertiary/aromatic N) is 2. The van der Waals surface area contributed by atoms with Crippen molar-refractivity contribution in [3.63, 3.8) is 0 Å². The van der Waals surface area contributed by atoms with Gasteiger partial charge in [-0.3, -0.25) is 4.98 Å². The Kier molecular flexibility index (Phi) is 3.52. The molecule has 0 bridgehead atoms. The largest absolute Gasteiger partial charge is 0.265 e. The second-order valence-electron chi connectivity index (χ2n) is 5.63. The number of aromatic nitrogens is 2. The van der Waals surface area contributed by atoms with Crippen molar-refractivity contribution in [1.29, 1.82) is 0 Å². The molecule has 2 nitrogen and oxygen atoms in total. The summed E-state index contributed by atoms with van der Waals surface area (Å²) in [5.74, 6) is 0. The van der Waals surface area contributed by atoms with Gasteiger partial charge in [-0.2, -0.15) is 4.37 Å². The Morgan fingerprint density at radius 1 is 1.05 bits per heavy atom. The molecule has 0 aliphatic heterocycles. The Morgan fingerprint density at radius 3 is 2.50 bits per heavy atom. The van der Waals surface area contributed by atoms with E-state index in [1.165, 1.54) is 26.1 Å². The van der Waals surface area contributed by atoms with Crippen LogP contribution >= 0.6 is 23.3 Å². The summed E-state index contributed by atoms with van der Waals surface area (Å²) in [6, 6.07) is 8.52. The van der Waals surface area contributed by atoms with Crippen molar-refractivity contribution in [3.05, 3.63) is 42.9 Å². The van der Waals surface area contributed by atoms with E-state index < -0.39 is 0 Å². The Hall–Kier alpha value is -1.39. The van der Waals surface area contributed by atoms with Crippen molar-refractivity contribution < 1.29 is 0 Å². The fourth-order valence-corrected chi connectivity index (χ4v) is 4.12. The summed E-state index contributed by atoms with van der Waals surface area (Å²) in [7, 11) is 0. The predicted molar refractivity (Wildman–Crippen MR) is 88.5 cm³/mol. The zero-order valence-electron chi connectivity index (χ0n) is 11.8. The van der Waals surface area contributed by atoms with E-state index in [4.69, 9.17) is 0 Å². The first-order chi connectivity index (χ1) is 9.54. The van der Waals surface area contributed by atoms with Gasteiger partial charge in [-0.1, -0.05) is 26.8 Å². The van der Waals surface area contributed by atoms with Gasteiger partial charge < -0.3 is 0 Å². The van der Waals surface area contributed by atoms with Gasteiger partial charge in [0.15, 0.2) is 0 Å². The van der Waals surface area contributed by atoms with Crippen LogP contribution in [0, 0.1) is 0 Å². The van der Waals surface area contributed by atoms with Gasteiger partial charge in [-0.05, 0) is 35.3 Å². The molecule has 3 aromatic rings. The third-order valence-electron chi connectivity index (χ3n) is 2.87. The minimum atomic E-state index is 0.181. The van der Waals surface area contributed by atoms with E-state index in [-0.39, 0.29) is 4.75 Å². The average Bonchev–Trinajstić information content (AvgIpc) is 2.86. The summed E-state index contributed by atoms with van der Waals surface area (Å²) in [5.41, 5.74) is 2.49. The van der Waals surface area contributed by atoms with Crippen molar-refractivity contribution in [3.8, 4) is 11.1 Å². The molecule has 0 saturated heterocycles. The Morgan fingerprint density at radius 2 is 1.80 bits per heavy atom. The summed E-state index contributed by atoms with van der Waals surface area (Å²) >= 11 is 3.46. The second-order valence-corrected chi connectivity index (χ2v) is 8.30. The number of pyridine rings is 1. The van der Waals surface area contributed by atoms with Crippen LogP contribution in [0.25, 0.3) is 21.2 Å². The third kappa shape index (κ3) is 2.72. The van der Waals surface area contributed by atoms with Gasteiger partial charge in [0.05, 0.1) is 4.70 Å². The zero-order valence-corrected chi connectivity index (χ0v) is 13.4. The van der Waals surface area contributed by atoms with Crippen molar-refractivity contribution in [2.45, 2.75) is 30.4 Å². The molecule has 2 aromatic heterocycles. The van der Waals surface area contributed by atoms with Gasteiger partial charge in [0.25, 0.3) is 0 Å². The van der Waals surface area contributed by atoms with Crippen LogP contribution in [0.2, 0.25) is 0 Å². The maximum Gasteiger partial charge on any atom is 0.0639 e. The number of fused-ring (bicyclic) bond motifs is 1.